The summed E-state index contributed by atoms with van der Waals surface area (Å²) in [4.78, 5) is 11.9. The van der Waals surface area contributed by atoms with Crippen LogP contribution in [-0.2, 0) is 0 Å². The summed E-state index contributed by atoms with van der Waals surface area (Å²) in [5.74, 6) is -0.769. The van der Waals surface area contributed by atoms with Crippen LogP contribution in [0.1, 0.15) is 10.4 Å². The molecule has 0 aliphatic carbocycles. The van der Waals surface area contributed by atoms with Gasteiger partial charge >= 0.3 is 0 Å². The molecule has 0 aliphatic rings. The van der Waals surface area contributed by atoms with Gasteiger partial charge in [-0.15, -0.1) is 0 Å². The van der Waals surface area contributed by atoms with E-state index in [4.69, 9.17) is 23.2 Å². The maximum absolute atomic E-state index is 11.9. The fourth-order valence-corrected chi connectivity index (χ4v) is 1.76. The van der Waals surface area contributed by atoms with Gasteiger partial charge in [-0.3, -0.25) is 4.79 Å². The van der Waals surface area contributed by atoms with E-state index in [1.807, 2.05) is 6.07 Å². The van der Waals surface area contributed by atoms with Gasteiger partial charge in [0.2, 0.25) is 0 Å². The van der Waals surface area contributed by atoms with Gasteiger partial charge in [-0.2, -0.15) is 0 Å². The van der Waals surface area contributed by atoms with Gasteiger partial charge in [0.1, 0.15) is 10.8 Å². The Morgan fingerprint density at radius 2 is 1.72 bits per heavy atom. The van der Waals surface area contributed by atoms with Gasteiger partial charge in [0.25, 0.3) is 5.91 Å². The van der Waals surface area contributed by atoms with Gasteiger partial charge in [0.15, 0.2) is 0 Å². The zero-order chi connectivity index (χ0) is 13.1. The minimum atomic E-state index is -0.447. The number of benzene rings is 2. The molecule has 0 fully saturated rings. The van der Waals surface area contributed by atoms with Crippen molar-refractivity contribution in [2.75, 3.05) is 5.32 Å². The molecule has 2 rings (SSSR count). The number of para-hydroxylation sites is 1. The van der Waals surface area contributed by atoms with Crippen molar-refractivity contribution in [3.8, 4) is 5.75 Å². The number of phenolic OH excluding ortho intramolecular Hbond substituents is 1. The Morgan fingerprint density at radius 1 is 1.06 bits per heavy atom. The van der Waals surface area contributed by atoms with E-state index in [1.165, 1.54) is 12.1 Å². The maximum atomic E-state index is 11.9. The van der Waals surface area contributed by atoms with Crippen LogP contribution >= 0.6 is 23.2 Å². The van der Waals surface area contributed by atoms with Crippen LogP contribution in [-0.4, -0.2) is 11.0 Å². The number of anilines is 1. The second-order valence-corrected chi connectivity index (χ2v) is 4.36. The second-order valence-electron chi connectivity index (χ2n) is 3.58. The van der Waals surface area contributed by atoms with Gasteiger partial charge in [0.05, 0.1) is 10.6 Å². The Kier molecular flexibility index (Phi) is 3.75. The van der Waals surface area contributed by atoms with Crippen molar-refractivity contribution >= 4 is 34.8 Å². The topological polar surface area (TPSA) is 49.3 Å². The summed E-state index contributed by atoms with van der Waals surface area (Å²) < 4.78 is 0. The lowest BCUT2D eigenvalue weighted by atomic mass is 10.2. The molecule has 0 aliphatic heterocycles. The minimum Gasteiger partial charge on any atom is -0.505 e. The number of carbonyl (C=O) groups is 1. The third-order valence-electron chi connectivity index (χ3n) is 2.35. The number of nitrogens with one attached hydrogen (secondary N) is 1. The van der Waals surface area contributed by atoms with E-state index in [0.29, 0.717) is 5.69 Å². The highest BCUT2D eigenvalue weighted by Crippen LogP contribution is 2.34. The van der Waals surface area contributed by atoms with Crippen LogP contribution in [0.25, 0.3) is 0 Å². The first-order valence-electron chi connectivity index (χ1n) is 5.13. The first kappa shape index (κ1) is 12.7. The summed E-state index contributed by atoms with van der Waals surface area (Å²) >= 11 is 11.5. The summed E-state index contributed by atoms with van der Waals surface area (Å²) in [7, 11) is 0. The van der Waals surface area contributed by atoms with Gasteiger partial charge in [0, 0.05) is 5.69 Å². The first-order valence-corrected chi connectivity index (χ1v) is 5.88. The van der Waals surface area contributed by atoms with Gasteiger partial charge < -0.3 is 10.4 Å². The zero-order valence-corrected chi connectivity index (χ0v) is 10.7. The molecule has 92 valence electrons. The second kappa shape index (κ2) is 5.29. The van der Waals surface area contributed by atoms with Crippen molar-refractivity contribution in [2.24, 2.45) is 0 Å². The monoisotopic (exact) mass is 281 g/mol. The average Bonchev–Trinajstić information content (AvgIpc) is 2.37. The lowest BCUT2D eigenvalue weighted by Gasteiger charge is -2.08. The molecule has 5 heteroatoms. The van der Waals surface area contributed by atoms with Crippen LogP contribution < -0.4 is 5.32 Å². The SMILES string of the molecule is O=C(Nc1ccccc1)c1ccc(Cl)c(Cl)c1O. The Hall–Kier alpha value is -1.71. The number of rotatable bonds is 2. The van der Waals surface area contributed by atoms with E-state index >= 15 is 0 Å². The number of hydrogen-bond donors (Lipinski definition) is 2. The summed E-state index contributed by atoms with van der Waals surface area (Å²) in [6, 6.07) is 11.8. The van der Waals surface area contributed by atoms with E-state index in [1.54, 1.807) is 24.3 Å². The first-order chi connectivity index (χ1) is 8.59. The largest absolute Gasteiger partial charge is 0.505 e. The third-order valence-corrected chi connectivity index (χ3v) is 3.14. The van der Waals surface area contributed by atoms with Crippen molar-refractivity contribution in [2.45, 2.75) is 0 Å². The summed E-state index contributed by atoms with van der Waals surface area (Å²) in [5.41, 5.74) is 0.709. The van der Waals surface area contributed by atoms with Gasteiger partial charge in [-0.1, -0.05) is 41.4 Å². The molecule has 18 heavy (non-hydrogen) atoms. The molecule has 0 saturated heterocycles. The predicted octanol–water partition coefficient (Wildman–Crippen LogP) is 3.95. The van der Waals surface area contributed by atoms with E-state index in [9.17, 15) is 9.90 Å². The molecular formula is C13H9Cl2NO2. The molecule has 0 atom stereocenters. The third kappa shape index (κ3) is 2.58. The highest BCUT2D eigenvalue weighted by Gasteiger charge is 2.15. The molecule has 0 aromatic heterocycles. The standard InChI is InChI=1S/C13H9Cl2NO2/c14-10-7-6-9(12(17)11(10)15)13(18)16-8-4-2-1-3-5-8/h1-7,17H,(H,16,18). The normalized spacial score (nSPS) is 10.1. The lowest BCUT2D eigenvalue weighted by molar-refractivity contribution is 0.102. The van der Waals surface area contributed by atoms with E-state index in [0.717, 1.165) is 0 Å². The van der Waals surface area contributed by atoms with Crippen LogP contribution in [0.2, 0.25) is 10.0 Å². The van der Waals surface area contributed by atoms with E-state index in [2.05, 4.69) is 5.32 Å². The molecule has 2 aromatic carbocycles. The maximum Gasteiger partial charge on any atom is 0.259 e. The Labute approximate surface area is 114 Å². The molecule has 0 saturated carbocycles. The Bertz CT molecular complexity index is 585. The highest BCUT2D eigenvalue weighted by atomic mass is 35.5. The molecule has 2 aromatic rings. The summed E-state index contributed by atoms with van der Waals surface area (Å²) in [6.07, 6.45) is 0. The van der Waals surface area contributed by atoms with Crippen LogP contribution in [0.4, 0.5) is 5.69 Å². The number of hydrogen-bond acceptors (Lipinski definition) is 2. The molecular weight excluding hydrogens is 273 g/mol. The van der Waals surface area contributed by atoms with Crippen molar-refractivity contribution < 1.29 is 9.90 Å². The Balaban J connectivity index is 2.28. The Morgan fingerprint density at radius 3 is 2.39 bits per heavy atom. The quantitative estimate of drug-likeness (QED) is 0.876. The van der Waals surface area contributed by atoms with Crippen LogP contribution in [0.5, 0.6) is 5.75 Å². The fourth-order valence-electron chi connectivity index (χ4n) is 1.44. The molecule has 0 unspecified atom stereocenters. The zero-order valence-electron chi connectivity index (χ0n) is 9.15. The van der Waals surface area contributed by atoms with Crippen molar-refractivity contribution in [3.63, 3.8) is 0 Å². The summed E-state index contributed by atoms with van der Waals surface area (Å²) in [6.45, 7) is 0. The van der Waals surface area contributed by atoms with Crippen molar-refractivity contribution in [1.29, 1.82) is 0 Å². The molecule has 0 heterocycles. The van der Waals surface area contributed by atoms with E-state index in [-0.39, 0.29) is 21.4 Å². The number of phenols is 1. The van der Waals surface area contributed by atoms with Crippen LogP contribution in [0.3, 0.4) is 0 Å². The van der Waals surface area contributed by atoms with Crippen LogP contribution in [0, 0.1) is 0 Å². The molecule has 0 radical (unpaired) electrons. The molecule has 3 nitrogen and oxygen atoms in total. The number of carbonyl (C=O) groups excluding carboxylic acids is 1. The van der Waals surface area contributed by atoms with Gasteiger partial charge in [-0.25, -0.2) is 0 Å². The number of aromatic hydroxyl groups is 1. The number of halogens is 2. The predicted molar refractivity (Wildman–Crippen MR) is 72.5 cm³/mol. The highest BCUT2D eigenvalue weighted by molar-refractivity contribution is 6.43. The van der Waals surface area contributed by atoms with Crippen molar-refractivity contribution in [3.05, 3.63) is 58.1 Å². The molecule has 2 N–H and O–H groups in total. The average molecular weight is 282 g/mol. The van der Waals surface area contributed by atoms with Gasteiger partial charge in [-0.05, 0) is 24.3 Å². The molecule has 0 bridgehead atoms. The smallest absolute Gasteiger partial charge is 0.259 e. The molecule has 1 amide bonds. The lowest BCUT2D eigenvalue weighted by Crippen LogP contribution is -2.12. The molecule has 0 spiro atoms. The fraction of sp³-hybridized carbons (Fsp3) is 0. The van der Waals surface area contributed by atoms with Crippen LogP contribution in [0.15, 0.2) is 42.5 Å². The number of amides is 1. The minimum absolute atomic E-state index is 0.0302. The van der Waals surface area contributed by atoms with E-state index < -0.39 is 5.91 Å². The van der Waals surface area contributed by atoms with Crippen molar-refractivity contribution in [1.82, 2.24) is 0 Å². The summed E-state index contributed by atoms with van der Waals surface area (Å²) in [5, 5.41) is 12.6.